The van der Waals surface area contributed by atoms with Crippen LogP contribution in [0.1, 0.15) is 47.5 Å². The van der Waals surface area contributed by atoms with Gasteiger partial charge in [-0.2, -0.15) is 0 Å². The summed E-state index contributed by atoms with van der Waals surface area (Å²) in [6, 6.07) is 0.0177. The third kappa shape index (κ3) is 3.90. The average Bonchev–Trinajstić information content (AvgIpc) is 2.91. The molecule has 2 rings (SSSR count). The van der Waals surface area contributed by atoms with Crippen molar-refractivity contribution in [3.05, 3.63) is 0 Å². The zero-order valence-corrected chi connectivity index (χ0v) is 16.0. The molecule has 0 spiro atoms. The smallest absolute Gasteiger partial charge is 0.220 e. The number of carbonyl (C=O) groups is 1. The van der Waals surface area contributed by atoms with E-state index in [1.807, 2.05) is 13.8 Å². The summed E-state index contributed by atoms with van der Waals surface area (Å²) in [5.74, 6) is -0.477. The lowest BCUT2D eigenvalue weighted by Crippen LogP contribution is -2.54. The van der Waals surface area contributed by atoms with Crippen LogP contribution in [0.2, 0.25) is 18.1 Å². The molecule has 0 aliphatic carbocycles. The van der Waals surface area contributed by atoms with Crippen LogP contribution in [-0.4, -0.2) is 44.9 Å². The van der Waals surface area contributed by atoms with E-state index in [1.165, 1.54) is 0 Å². The molecule has 2 aliphatic rings. The Morgan fingerprint density at radius 3 is 2.41 bits per heavy atom. The summed E-state index contributed by atoms with van der Waals surface area (Å²) in [6.07, 6.45) is 1.10. The molecule has 0 aromatic carbocycles. The van der Waals surface area contributed by atoms with Crippen LogP contribution in [0.25, 0.3) is 0 Å². The van der Waals surface area contributed by atoms with Crippen molar-refractivity contribution < 1.29 is 18.7 Å². The summed E-state index contributed by atoms with van der Waals surface area (Å²) in [7, 11) is -1.96. The minimum Gasteiger partial charge on any atom is -0.409 e. The van der Waals surface area contributed by atoms with Gasteiger partial charge >= 0.3 is 0 Å². The number of amides is 1. The van der Waals surface area contributed by atoms with Gasteiger partial charge in [0.05, 0.1) is 18.8 Å². The van der Waals surface area contributed by atoms with Crippen molar-refractivity contribution in [3.8, 4) is 0 Å². The van der Waals surface area contributed by atoms with Gasteiger partial charge in [0.25, 0.3) is 0 Å². The van der Waals surface area contributed by atoms with E-state index < -0.39 is 14.1 Å². The molecular formula is C16H31NO4Si. The second-order valence-electron chi connectivity index (χ2n) is 8.42. The Balaban J connectivity index is 2.17. The first kappa shape index (κ1) is 17.9. The van der Waals surface area contributed by atoms with Gasteiger partial charge in [0.15, 0.2) is 14.1 Å². The Morgan fingerprint density at radius 2 is 2.00 bits per heavy atom. The second kappa shape index (κ2) is 5.89. The Morgan fingerprint density at radius 1 is 1.36 bits per heavy atom. The van der Waals surface area contributed by atoms with E-state index in [4.69, 9.17) is 13.9 Å². The number of carbonyl (C=O) groups excluding carboxylic acids is 1. The van der Waals surface area contributed by atoms with Crippen LogP contribution in [0.3, 0.4) is 0 Å². The van der Waals surface area contributed by atoms with E-state index in [1.54, 1.807) is 0 Å². The molecule has 5 nitrogen and oxygen atoms in total. The summed E-state index contributed by atoms with van der Waals surface area (Å²) in [4.78, 5) is 11.6. The van der Waals surface area contributed by atoms with Gasteiger partial charge in [-0.25, -0.2) is 0 Å². The molecule has 2 fully saturated rings. The van der Waals surface area contributed by atoms with Crippen molar-refractivity contribution in [1.82, 2.24) is 5.32 Å². The van der Waals surface area contributed by atoms with Gasteiger partial charge in [-0.05, 0) is 38.4 Å². The molecule has 22 heavy (non-hydrogen) atoms. The predicted octanol–water partition coefficient (Wildman–Crippen LogP) is 2.81. The number of hydrogen-bond acceptors (Lipinski definition) is 4. The highest BCUT2D eigenvalue weighted by molar-refractivity contribution is 6.74. The minimum atomic E-state index is -1.96. The second-order valence-corrected chi connectivity index (χ2v) is 13.2. The molecule has 2 heterocycles. The molecule has 1 amide bonds. The molecule has 1 N–H and O–H groups in total. The van der Waals surface area contributed by atoms with E-state index in [0.29, 0.717) is 13.0 Å². The van der Waals surface area contributed by atoms with Gasteiger partial charge < -0.3 is 19.2 Å². The maximum atomic E-state index is 11.6. The highest BCUT2D eigenvalue weighted by Gasteiger charge is 2.48. The molecule has 0 unspecified atom stereocenters. The van der Waals surface area contributed by atoms with Crippen LogP contribution >= 0.6 is 0 Å². The molecule has 0 aromatic rings. The monoisotopic (exact) mass is 329 g/mol. The summed E-state index contributed by atoms with van der Waals surface area (Å²) < 4.78 is 18.4. The van der Waals surface area contributed by atoms with Crippen LogP contribution in [-0.2, 0) is 18.7 Å². The van der Waals surface area contributed by atoms with E-state index in [-0.39, 0.29) is 29.2 Å². The zero-order valence-electron chi connectivity index (χ0n) is 15.0. The van der Waals surface area contributed by atoms with Crippen molar-refractivity contribution in [2.24, 2.45) is 0 Å². The molecule has 0 saturated carbocycles. The fourth-order valence-electron chi connectivity index (χ4n) is 2.70. The Labute approximate surface area is 135 Å². The molecule has 0 aromatic heterocycles. The molecule has 0 bridgehead atoms. The minimum absolute atomic E-state index is 0.0177. The summed E-state index contributed by atoms with van der Waals surface area (Å²) in [6.45, 7) is 15.5. The third-order valence-electron chi connectivity index (χ3n) is 5.06. The maximum Gasteiger partial charge on any atom is 0.220 e. The largest absolute Gasteiger partial charge is 0.409 e. The van der Waals surface area contributed by atoms with Crippen LogP contribution in [0.4, 0.5) is 0 Å². The predicted molar refractivity (Wildman–Crippen MR) is 88.1 cm³/mol. The molecule has 2 saturated heterocycles. The molecule has 3 atom stereocenters. The van der Waals surface area contributed by atoms with Crippen molar-refractivity contribution in [2.75, 3.05) is 6.61 Å². The number of rotatable bonds is 4. The topological polar surface area (TPSA) is 56.8 Å². The fraction of sp³-hybridized carbons (Fsp3) is 0.938. The van der Waals surface area contributed by atoms with E-state index in [9.17, 15) is 4.79 Å². The summed E-state index contributed by atoms with van der Waals surface area (Å²) in [5, 5.41) is 3.17. The van der Waals surface area contributed by atoms with E-state index in [0.717, 1.165) is 6.42 Å². The van der Waals surface area contributed by atoms with E-state index in [2.05, 4.69) is 39.2 Å². The molecule has 128 valence electrons. The average molecular weight is 330 g/mol. The van der Waals surface area contributed by atoms with Gasteiger partial charge in [-0.3, -0.25) is 4.79 Å². The SMILES string of the molecule is CC1(C)OC[C@H]([C@@H](O[Si](C)(C)C(C)(C)C)[C@H]2CCC(=O)N2)O1. The van der Waals surface area contributed by atoms with E-state index >= 15 is 0 Å². The third-order valence-corrected chi connectivity index (χ3v) is 9.53. The fourth-order valence-corrected chi connectivity index (χ4v) is 4.05. The Bertz CT molecular complexity index is 430. The number of hydrogen-bond donors (Lipinski definition) is 1. The first-order chi connectivity index (χ1) is 9.91. The first-order valence-corrected chi connectivity index (χ1v) is 11.1. The summed E-state index contributed by atoms with van der Waals surface area (Å²) in [5.41, 5.74) is 0. The maximum absolute atomic E-state index is 11.6. The van der Waals surface area contributed by atoms with Crippen molar-refractivity contribution >= 4 is 14.2 Å². The van der Waals surface area contributed by atoms with Gasteiger partial charge in [-0.1, -0.05) is 20.8 Å². The van der Waals surface area contributed by atoms with Gasteiger partial charge in [0, 0.05) is 6.42 Å². The Kier molecular flexibility index (Phi) is 4.80. The number of ether oxygens (including phenoxy) is 2. The standard InChI is InChI=1S/C16H31NO4Si/c1-15(2,3)22(6,7)21-14(11-8-9-13(18)17-11)12-10-19-16(4,5)20-12/h11-12,14H,8-10H2,1-7H3,(H,17,18)/t11-,12-,14+/m1/s1. The van der Waals surface area contributed by atoms with Crippen LogP contribution in [0.15, 0.2) is 0 Å². The van der Waals surface area contributed by atoms with Crippen LogP contribution in [0.5, 0.6) is 0 Å². The normalized spacial score (nSPS) is 30.4. The lowest BCUT2D eigenvalue weighted by Gasteiger charge is -2.42. The van der Waals surface area contributed by atoms with Gasteiger partial charge in [-0.15, -0.1) is 0 Å². The molecule has 6 heteroatoms. The highest BCUT2D eigenvalue weighted by atomic mass is 28.4. The number of nitrogens with one attached hydrogen (secondary N) is 1. The van der Waals surface area contributed by atoms with Crippen molar-refractivity contribution in [1.29, 1.82) is 0 Å². The van der Waals surface area contributed by atoms with Crippen molar-refractivity contribution in [3.63, 3.8) is 0 Å². The lowest BCUT2D eigenvalue weighted by atomic mass is 10.0. The first-order valence-electron chi connectivity index (χ1n) is 8.20. The quantitative estimate of drug-likeness (QED) is 0.806. The highest BCUT2D eigenvalue weighted by Crippen LogP contribution is 2.40. The van der Waals surface area contributed by atoms with Gasteiger partial charge in [0.1, 0.15) is 6.10 Å². The zero-order chi connectivity index (χ0) is 16.8. The summed E-state index contributed by atoms with van der Waals surface area (Å²) >= 11 is 0. The molecule has 2 aliphatic heterocycles. The Hall–Kier alpha value is -0.433. The van der Waals surface area contributed by atoms with Crippen LogP contribution < -0.4 is 5.32 Å². The molecular weight excluding hydrogens is 298 g/mol. The van der Waals surface area contributed by atoms with Crippen molar-refractivity contribution in [2.45, 2.75) is 89.6 Å². The lowest BCUT2D eigenvalue weighted by molar-refractivity contribution is -0.151. The van der Waals surface area contributed by atoms with Gasteiger partial charge in [0.2, 0.25) is 5.91 Å². The molecule has 0 radical (unpaired) electrons. The van der Waals surface area contributed by atoms with Crippen LogP contribution in [0, 0.1) is 0 Å².